The topological polar surface area (TPSA) is 73.2 Å². The molecule has 1 N–H and O–H groups in total. The Morgan fingerprint density at radius 2 is 1.87 bits per heavy atom. The normalized spacial score (nSPS) is 12.1. The van der Waals surface area contributed by atoms with Crippen molar-refractivity contribution in [2.45, 2.75) is 44.5 Å². The molecule has 6 nitrogen and oxygen atoms in total. The van der Waals surface area contributed by atoms with E-state index in [0.29, 0.717) is 35.8 Å². The van der Waals surface area contributed by atoms with Gasteiger partial charge in [-0.05, 0) is 57.4 Å². The first kappa shape index (κ1) is 23.0. The van der Waals surface area contributed by atoms with Crippen molar-refractivity contribution in [1.82, 2.24) is 14.9 Å². The van der Waals surface area contributed by atoms with Gasteiger partial charge in [0.25, 0.3) is 5.56 Å². The zero-order valence-corrected chi connectivity index (χ0v) is 19.3. The molecule has 0 aliphatic carbocycles. The number of amides is 1. The molecule has 2 aromatic carbocycles. The minimum absolute atomic E-state index is 0.0861. The molecular formula is C24H29N3O3S. The number of nitrogens with one attached hydrogen (secondary N) is 1. The highest BCUT2D eigenvalue weighted by molar-refractivity contribution is 8.00. The number of hydrogen-bond acceptors (Lipinski definition) is 5. The zero-order chi connectivity index (χ0) is 22.4. The van der Waals surface area contributed by atoms with Crippen molar-refractivity contribution in [3.05, 3.63) is 63.9 Å². The first-order valence-corrected chi connectivity index (χ1v) is 11.4. The first-order valence-electron chi connectivity index (χ1n) is 10.5. The van der Waals surface area contributed by atoms with E-state index in [4.69, 9.17) is 9.72 Å². The number of aryl methyl sites for hydroxylation is 2. The zero-order valence-electron chi connectivity index (χ0n) is 18.5. The van der Waals surface area contributed by atoms with Gasteiger partial charge < -0.3 is 10.1 Å². The van der Waals surface area contributed by atoms with Crippen LogP contribution in [0.15, 0.2) is 52.4 Å². The Labute approximate surface area is 187 Å². The Morgan fingerprint density at radius 1 is 1.16 bits per heavy atom. The van der Waals surface area contributed by atoms with E-state index < -0.39 is 5.25 Å². The minimum Gasteiger partial charge on any atom is -0.382 e. The fourth-order valence-corrected chi connectivity index (χ4v) is 4.37. The summed E-state index contributed by atoms with van der Waals surface area (Å²) in [5, 5.41) is 3.60. The molecule has 0 aliphatic rings. The molecule has 0 fully saturated rings. The summed E-state index contributed by atoms with van der Waals surface area (Å²) >= 11 is 1.30. The number of benzene rings is 2. The van der Waals surface area contributed by atoms with Crippen molar-refractivity contribution in [3.63, 3.8) is 0 Å². The summed E-state index contributed by atoms with van der Waals surface area (Å²) in [6, 6.07) is 13.2. The summed E-state index contributed by atoms with van der Waals surface area (Å²) in [6.45, 7) is 9.58. The fourth-order valence-electron chi connectivity index (χ4n) is 3.43. The average molecular weight is 440 g/mol. The number of ether oxygens (including phenoxy) is 1. The lowest BCUT2D eigenvalue weighted by Crippen LogP contribution is -2.33. The van der Waals surface area contributed by atoms with E-state index in [-0.39, 0.29) is 11.5 Å². The number of carbonyl (C=O) groups is 1. The molecule has 1 aromatic heterocycles. The van der Waals surface area contributed by atoms with Crippen molar-refractivity contribution in [2.24, 2.45) is 0 Å². The van der Waals surface area contributed by atoms with Crippen LogP contribution in [0.4, 0.5) is 0 Å². The van der Waals surface area contributed by atoms with E-state index in [1.165, 1.54) is 11.8 Å². The standard InChI is InChI=1S/C24H29N3O3S/c1-5-30-15-9-14-25-22(28)18(4)31-24-26-20-13-7-6-12-19(20)23(29)27(24)21-16(2)10-8-11-17(21)3/h6-8,10-13,18H,5,9,14-15H2,1-4H3,(H,25,28). The molecule has 0 saturated heterocycles. The Hall–Kier alpha value is -2.64. The van der Waals surface area contributed by atoms with Crippen molar-refractivity contribution in [3.8, 4) is 5.69 Å². The molecule has 3 aromatic rings. The summed E-state index contributed by atoms with van der Waals surface area (Å²) in [5.74, 6) is -0.0861. The number of hydrogen-bond donors (Lipinski definition) is 1. The minimum atomic E-state index is -0.407. The smallest absolute Gasteiger partial charge is 0.266 e. The van der Waals surface area contributed by atoms with Gasteiger partial charge in [0.15, 0.2) is 5.16 Å². The number of fused-ring (bicyclic) bond motifs is 1. The molecule has 1 atom stereocenters. The van der Waals surface area contributed by atoms with E-state index in [1.54, 1.807) is 10.6 Å². The van der Waals surface area contributed by atoms with E-state index in [0.717, 1.165) is 23.2 Å². The van der Waals surface area contributed by atoms with Gasteiger partial charge >= 0.3 is 0 Å². The predicted molar refractivity (Wildman–Crippen MR) is 126 cm³/mol. The average Bonchev–Trinajstić information content (AvgIpc) is 2.75. The van der Waals surface area contributed by atoms with Crippen molar-refractivity contribution in [2.75, 3.05) is 19.8 Å². The van der Waals surface area contributed by atoms with Gasteiger partial charge in [-0.2, -0.15) is 0 Å². The summed E-state index contributed by atoms with van der Waals surface area (Å²) in [5.41, 5.74) is 3.28. The molecule has 1 heterocycles. The number of carbonyl (C=O) groups excluding carboxylic acids is 1. The lowest BCUT2D eigenvalue weighted by molar-refractivity contribution is -0.120. The van der Waals surface area contributed by atoms with Gasteiger partial charge in [-0.1, -0.05) is 42.1 Å². The molecule has 0 aliphatic heterocycles. The van der Waals surface area contributed by atoms with Crippen LogP contribution in [0.5, 0.6) is 0 Å². The van der Waals surface area contributed by atoms with E-state index >= 15 is 0 Å². The number of thioether (sulfide) groups is 1. The van der Waals surface area contributed by atoms with Crippen LogP contribution in [0.1, 0.15) is 31.4 Å². The molecule has 1 unspecified atom stereocenters. The molecule has 0 bridgehead atoms. The molecule has 0 spiro atoms. The molecule has 31 heavy (non-hydrogen) atoms. The summed E-state index contributed by atoms with van der Waals surface area (Å²) in [6.07, 6.45) is 0.762. The maximum Gasteiger partial charge on any atom is 0.266 e. The van der Waals surface area contributed by atoms with Gasteiger partial charge in [0.1, 0.15) is 0 Å². The van der Waals surface area contributed by atoms with Gasteiger partial charge in [0.05, 0.1) is 21.8 Å². The predicted octanol–water partition coefficient (Wildman–Crippen LogP) is 4.03. The molecule has 3 rings (SSSR count). The number of aromatic nitrogens is 2. The van der Waals surface area contributed by atoms with Gasteiger partial charge in [0.2, 0.25) is 5.91 Å². The molecular weight excluding hydrogens is 410 g/mol. The van der Waals surface area contributed by atoms with Crippen LogP contribution in [0.2, 0.25) is 0 Å². The molecule has 164 valence electrons. The molecule has 0 saturated carbocycles. The van der Waals surface area contributed by atoms with Gasteiger partial charge in [-0.3, -0.25) is 14.2 Å². The van der Waals surface area contributed by atoms with Gasteiger partial charge in [-0.25, -0.2) is 4.98 Å². The Balaban J connectivity index is 1.96. The lowest BCUT2D eigenvalue weighted by Gasteiger charge is -2.19. The van der Waals surface area contributed by atoms with Crippen LogP contribution >= 0.6 is 11.8 Å². The summed E-state index contributed by atoms with van der Waals surface area (Å²) < 4.78 is 6.96. The second-order valence-corrected chi connectivity index (χ2v) is 8.70. The highest BCUT2D eigenvalue weighted by Crippen LogP contribution is 2.27. The third-order valence-corrected chi connectivity index (χ3v) is 6.08. The quantitative estimate of drug-likeness (QED) is 0.310. The van der Waals surface area contributed by atoms with Gasteiger partial charge in [0, 0.05) is 19.8 Å². The van der Waals surface area contributed by atoms with Crippen molar-refractivity contribution in [1.29, 1.82) is 0 Å². The third-order valence-electron chi connectivity index (χ3n) is 5.03. The second kappa shape index (κ2) is 10.6. The molecule has 7 heteroatoms. The largest absolute Gasteiger partial charge is 0.382 e. The van der Waals surface area contributed by atoms with Crippen LogP contribution in [-0.2, 0) is 9.53 Å². The second-order valence-electron chi connectivity index (χ2n) is 7.39. The maximum absolute atomic E-state index is 13.5. The maximum atomic E-state index is 13.5. The van der Waals surface area contributed by atoms with Crippen LogP contribution in [-0.4, -0.2) is 40.5 Å². The number of rotatable bonds is 9. The Morgan fingerprint density at radius 3 is 2.58 bits per heavy atom. The van der Waals surface area contributed by atoms with Crippen LogP contribution < -0.4 is 10.9 Å². The summed E-state index contributed by atoms with van der Waals surface area (Å²) in [7, 11) is 0. The lowest BCUT2D eigenvalue weighted by atomic mass is 10.1. The molecule has 0 radical (unpaired) electrons. The fraction of sp³-hybridized carbons (Fsp3) is 0.375. The molecule has 1 amide bonds. The highest BCUT2D eigenvalue weighted by Gasteiger charge is 2.21. The monoisotopic (exact) mass is 439 g/mol. The third kappa shape index (κ3) is 5.35. The summed E-state index contributed by atoms with van der Waals surface area (Å²) in [4.78, 5) is 30.9. The van der Waals surface area contributed by atoms with Crippen molar-refractivity contribution >= 4 is 28.6 Å². The first-order chi connectivity index (χ1) is 14.9. The Kier molecular flexibility index (Phi) is 7.87. The SMILES string of the molecule is CCOCCCNC(=O)C(C)Sc1nc2ccccc2c(=O)n1-c1c(C)cccc1C. The highest BCUT2D eigenvalue weighted by atomic mass is 32.2. The van der Waals surface area contributed by atoms with E-state index in [1.807, 2.05) is 64.1 Å². The number of nitrogens with zero attached hydrogens (tertiary/aromatic N) is 2. The number of para-hydroxylation sites is 2. The van der Waals surface area contributed by atoms with Gasteiger partial charge in [-0.15, -0.1) is 0 Å². The van der Waals surface area contributed by atoms with E-state index in [2.05, 4.69) is 5.32 Å². The van der Waals surface area contributed by atoms with Crippen LogP contribution in [0.25, 0.3) is 16.6 Å². The van der Waals surface area contributed by atoms with E-state index in [9.17, 15) is 9.59 Å². The van der Waals surface area contributed by atoms with Crippen LogP contribution in [0.3, 0.4) is 0 Å². The van der Waals surface area contributed by atoms with Crippen LogP contribution in [0, 0.1) is 13.8 Å². The van der Waals surface area contributed by atoms with Crippen molar-refractivity contribution < 1.29 is 9.53 Å². The Bertz CT molecular complexity index is 1110.